The molecule has 3 heterocycles. The van der Waals surface area contributed by atoms with Crippen LogP contribution in [0.2, 0.25) is 0 Å². The molecule has 0 unspecified atom stereocenters. The van der Waals surface area contributed by atoms with Crippen molar-refractivity contribution >= 4 is 22.7 Å². The van der Waals surface area contributed by atoms with Crippen molar-refractivity contribution in [3.05, 3.63) is 71.2 Å². The van der Waals surface area contributed by atoms with Gasteiger partial charge in [0.2, 0.25) is 5.78 Å². The summed E-state index contributed by atoms with van der Waals surface area (Å²) in [4.78, 5) is 31.0. The highest BCUT2D eigenvalue weighted by Gasteiger charge is 2.45. The third-order valence-electron chi connectivity index (χ3n) is 6.91. The standard InChI is InChI=1S/C28H30N2O7/c1-34-20-9-4-3-8-19(20)24-23(25(31)22-17-18-7-5-10-21(35-2)27(18)37-22)26(32)28(33)30(24)12-6-11-29-13-15-36-16-14-29/h3-5,7-10,17,24,32H,6,11-16H2,1-2H3/t24-/m0/s1. The number of ketones is 1. The first kappa shape index (κ1) is 24.9. The van der Waals surface area contributed by atoms with E-state index < -0.39 is 23.5 Å². The first-order valence-corrected chi connectivity index (χ1v) is 12.3. The summed E-state index contributed by atoms with van der Waals surface area (Å²) in [6.07, 6.45) is 0.675. The summed E-state index contributed by atoms with van der Waals surface area (Å²) in [5, 5.41) is 11.7. The van der Waals surface area contributed by atoms with Gasteiger partial charge < -0.3 is 28.6 Å². The molecule has 1 amide bonds. The molecule has 2 aliphatic heterocycles. The molecular formula is C28H30N2O7. The second-order valence-corrected chi connectivity index (χ2v) is 9.03. The number of Topliss-reactive ketones (excluding diaryl/α,β-unsaturated/α-hetero) is 1. The highest BCUT2D eigenvalue weighted by atomic mass is 16.5. The monoisotopic (exact) mass is 506 g/mol. The number of aliphatic hydroxyl groups excluding tert-OH is 1. The summed E-state index contributed by atoms with van der Waals surface area (Å²) in [7, 11) is 3.06. The van der Waals surface area contributed by atoms with Crippen LogP contribution in [0, 0.1) is 0 Å². The van der Waals surface area contributed by atoms with E-state index in [4.69, 9.17) is 18.6 Å². The fraction of sp³-hybridized carbons (Fsp3) is 0.357. The number of carbonyl (C=O) groups is 2. The first-order valence-electron chi connectivity index (χ1n) is 12.3. The molecule has 1 N–H and O–H groups in total. The molecule has 2 aliphatic rings. The molecule has 2 aromatic carbocycles. The minimum absolute atomic E-state index is 0.0175. The molecule has 1 aromatic heterocycles. The van der Waals surface area contributed by atoms with Crippen LogP contribution in [0.15, 0.2) is 64.3 Å². The zero-order valence-corrected chi connectivity index (χ0v) is 20.9. The molecule has 194 valence electrons. The van der Waals surface area contributed by atoms with Crippen LogP contribution in [-0.4, -0.2) is 80.2 Å². The number of furan rings is 1. The lowest BCUT2D eigenvalue weighted by molar-refractivity contribution is -0.129. The largest absolute Gasteiger partial charge is 0.503 e. The fourth-order valence-electron chi connectivity index (χ4n) is 5.06. The molecule has 37 heavy (non-hydrogen) atoms. The van der Waals surface area contributed by atoms with E-state index in [1.165, 1.54) is 14.2 Å². The third-order valence-corrected chi connectivity index (χ3v) is 6.91. The van der Waals surface area contributed by atoms with Crippen LogP contribution in [0.5, 0.6) is 11.5 Å². The zero-order chi connectivity index (χ0) is 25.9. The normalized spacial score (nSPS) is 18.6. The van der Waals surface area contributed by atoms with Crippen molar-refractivity contribution in [2.45, 2.75) is 12.5 Å². The van der Waals surface area contributed by atoms with Crippen molar-refractivity contribution in [2.75, 3.05) is 53.6 Å². The van der Waals surface area contributed by atoms with Crippen LogP contribution in [-0.2, 0) is 9.53 Å². The highest BCUT2D eigenvalue weighted by Crippen LogP contribution is 2.43. The van der Waals surface area contributed by atoms with Gasteiger partial charge in [0.25, 0.3) is 5.91 Å². The lowest BCUT2D eigenvalue weighted by atomic mass is 9.94. The Labute approximate surface area is 214 Å². The number of aliphatic hydroxyl groups is 1. The van der Waals surface area contributed by atoms with E-state index >= 15 is 0 Å². The summed E-state index contributed by atoms with van der Waals surface area (Å²) in [6, 6.07) is 13.3. The van der Waals surface area contributed by atoms with E-state index in [2.05, 4.69) is 4.90 Å². The number of morpholine rings is 1. The number of methoxy groups -OCH3 is 2. The number of para-hydroxylation sites is 2. The SMILES string of the molecule is COc1ccccc1[C@H]1C(C(=O)c2cc3cccc(OC)c3o2)=C(O)C(=O)N1CCCN1CCOCC1. The lowest BCUT2D eigenvalue weighted by Crippen LogP contribution is -2.39. The predicted octanol–water partition coefficient (Wildman–Crippen LogP) is 3.75. The summed E-state index contributed by atoms with van der Waals surface area (Å²) >= 11 is 0. The third kappa shape index (κ3) is 4.68. The quantitative estimate of drug-likeness (QED) is 0.438. The number of fused-ring (bicyclic) bond motifs is 1. The molecule has 0 bridgehead atoms. The van der Waals surface area contributed by atoms with Crippen LogP contribution in [0.3, 0.4) is 0 Å². The molecule has 5 rings (SSSR count). The molecule has 9 nitrogen and oxygen atoms in total. The van der Waals surface area contributed by atoms with Gasteiger partial charge in [-0.3, -0.25) is 14.5 Å². The Morgan fingerprint density at radius 3 is 2.51 bits per heavy atom. The van der Waals surface area contributed by atoms with Gasteiger partial charge in [0.05, 0.1) is 39.0 Å². The number of ether oxygens (including phenoxy) is 3. The summed E-state index contributed by atoms with van der Waals surface area (Å²) in [5.41, 5.74) is 1.01. The van der Waals surface area contributed by atoms with E-state index in [9.17, 15) is 14.7 Å². The Morgan fingerprint density at radius 2 is 1.76 bits per heavy atom. The maximum absolute atomic E-state index is 13.8. The Hall–Kier alpha value is -3.82. The second kappa shape index (κ2) is 10.7. The molecular weight excluding hydrogens is 476 g/mol. The number of nitrogens with zero attached hydrogens (tertiary/aromatic N) is 2. The van der Waals surface area contributed by atoms with Crippen LogP contribution < -0.4 is 9.47 Å². The molecule has 1 saturated heterocycles. The Balaban J connectivity index is 1.50. The molecule has 1 atom stereocenters. The van der Waals surface area contributed by atoms with Gasteiger partial charge >= 0.3 is 0 Å². The molecule has 1 fully saturated rings. The number of carbonyl (C=O) groups excluding carboxylic acids is 2. The minimum atomic E-state index is -0.823. The summed E-state index contributed by atoms with van der Waals surface area (Å²) < 4.78 is 22.2. The van der Waals surface area contributed by atoms with Crippen LogP contribution >= 0.6 is 0 Å². The van der Waals surface area contributed by atoms with Gasteiger partial charge in [-0.2, -0.15) is 0 Å². The average molecular weight is 507 g/mol. The Bertz CT molecular complexity index is 1340. The Morgan fingerprint density at radius 1 is 1.03 bits per heavy atom. The predicted molar refractivity (Wildman–Crippen MR) is 136 cm³/mol. The van der Waals surface area contributed by atoms with Crippen molar-refractivity contribution in [1.29, 1.82) is 0 Å². The van der Waals surface area contributed by atoms with Gasteiger partial charge in [-0.15, -0.1) is 0 Å². The van der Waals surface area contributed by atoms with Crippen molar-refractivity contribution < 1.29 is 33.3 Å². The van der Waals surface area contributed by atoms with Crippen LogP contribution in [0.1, 0.15) is 28.6 Å². The van der Waals surface area contributed by atoms with Crippen molar-refractivity contribution in [2.24, 2.45) is 0 Å². The number of benzene rings is 2. The molecule has 0 aliphatic carbocycles. The van der Waals surface area contributed by atoms with Crippen LogP contribution in [0.25, 0.3) is 11.0 Å². The fourth-order valence-corrected chi connectivity index (χ4v) is 5.06. The highest BCUT2D eigenvalue weighted by molar-refractivity contribution is 6.16. The first-order chi connectivity index (χ1) is 18.0. The maximum Gasteiger partial charge on any atom is 0.290 e. The topological polar surface area (TPSA) is 102 Å². The Kier molecular flexibility index (Phi) is 7.16. The van der Waals surface area contributed by atoms with Gasteiger partial charge in [-0.1, -0.05) is 30.3 Å². The van der Waals surface area contributed by atoms with Gasteiger partial charge in [0.15, 0.2) is 22.9 Å². The van der Waals surface area contributed by atoms with Gasteiger partial charge in [-0.05, 0) is 24.6 Å². The second-order valence-electron chi connectivity index (χ2n) is 9.03. The van der Waals surface area contributed by atoms with Crippen LogP contribution in [0.4, 0.5) is 0 Å². The molecule has 9 heteroatoms. The van der Waals surface area contributed by atoms with E-state index in [1.54, 1.807) is 35.2 Å². The van der Waals surface area contributed by atoms with Gasteiger partial charge in [0.1, 0.15) is 5.75 Å². The minimum Gasteiger partial charge on any atom is -0.503 e. The lowest BCUT2D eigenvalue weighted by Gasteiger charge is -2.30. The van der Waals surface area contributed by atoms with Gasteiger partial charge in [-0.25, -0.2) is 0 Å². The average Bonchev–Trinajstić information content (AvgIpc) is 3.48. The maximum atomic E-state index is 13.8. The number of amides is 1. The summed E-state index contributed by atoms with van der Waals surface area (Å²) in [6.45, 7) is 4.19. The smallest absolute Gasteiger partial charge is 0.290 e. The number of hydrogen-bond acceptors (Lipinski definition) is 8. The number of hydrogen-bond donors (Lipinski definition) is 1. The van der Waals surface area contributed by atoms with Crippen molar-refractivity contribution in [3.63, 3.8) is 0 Å². The molecule has 0 saturated carbocycles. The number of rotatable bonds is 9. The van der Waals surface area contributed by atoms with E-state index in [0.717, 1.165) is 19.6 Å². The molecule has 3 aromatic rings. The van der Waals surface area contributed by atoms with Crippen molar-refractivity contribution in [3.8, 4) is 11.5 Å². The molecule has 0 radical (unpaired) electrons. The van der Waals surface area contributed by atoms with E-state index in [-0.39, 0.29) is 11.3 Å². The van der Waals surface area contributed by atoms with Crippen molar-refractivity contribution in [1.82, 2.24) is 9.80 Å². The molecule has 0 spiro atoms. The van der Waals surface area contributed by atoms with E-state index in [1.807, 2.05) is 18.2 Å². The zero-order valence-electron chi connectivity index (χ0n) is 20.9. The van der Waals surface area contributed by atoms with Gasteiger partial charge in [0, 0.05) is 37.1 Å². The summed E-state index contributed by atoms with van der Waals surface area (Å²) in [5.74, 6) is -0.692. The van der Waals surface area contributed by atoms with E-state index in [0.29, 0.717) is 54.2 Å².